The molecular weight excluding hydrogens is 404 g/mol. The maximum atomic E-state index is 13.1. The molecular formula is C25H31N4O3+. The van der Waals surface area contributed by atoms with Gasteiger partial charge in [-0.3, -0.25) is 4.99 Å². The third-order valence-corrected chi connectivity index (χ3v) is 5.79. The molecule has 0 amide bonds. The summed E-state index contributed by atoms with van der Waals surface area (Å²) in [6, 6.07) is 13.7. The first-order valence-electron chi connectivity index (χ1n) is 11.2. The molecule has 2 heterocycles. The fraction of sp³-hybridized carbons (Fsp3) is 0.400. The number of aliphatic imine (C=N–C) groups is 1. The lowest BCUT2D eigenvalue weighted by Crippen LogP contribution is -2.40. The lowest BCUT2D eigenvalue weighted by Gasteiger charge is -2.17. The molecule has 2 aliphatic rings. The molecule has 0 saturated carbocycles. The first-order valence-corrected chi connectivity index (χ1v) is 11.2. The lowest BCUT2D eigenvalue weighted by atomic mass is 10.0. The quantitative estimate of drug-likeness (QED) is 0.456. The number of aryl methyl sites for hydroxylation is 1. The van der Waals surface area contributed by atoms with Crippen molar-refractivity contribution < 1.29 is 14.3 Å². The van der Waals surface area contributed by atoms with E-state index in [1.807, 2.05) is 44.2 Å². The molecule has 7 nitrogen and oxygen atoms in total. The average molecular weight is 436 g/mol. The Morgan fingerprint density at radius 3 is 2.91 bits per heavy atom. The highest BCUT2D eigenvalue weighted by atomic mass is 16.5. The molecule has 1 fully saturated rings. The summed E-state index contributed by atoms with van der Waals surface area (Å²) in [6.07, 6.45) is 7.73. The van der Waals surface area contributed by atoms with E-state index in [1.54, 1.807) is 24.5 Å². The monoisotopic (exact) mass is 435 g/mol. The first kappa shape index (κ1) is 22.0. The van der Waals surface area contributed by atoms with E-state index in [0.29, 0.717) is 36.4 Å². The first-order chi connectivity index (χ1) is 15.6. The standard InChI is InChI=1S/C25H31N4O3/c1-18-5-3-6-20(13-18)16-32-25-9-8-22(31-17-21-7-4-11-27-21)14-24(25)29(30)28-23-15-26-12-10-19(23)2/h3,5-6,8-10,12-15,19,21,23,27H,4,7,11,16-17H2,1-2H3,(H,28,30)/q+1. The summed E-state index contributed by atoms with van der Waals surface area (Å²) >= 11 is 0. The molecule has 0 aromatic heterocycles. The van der Waals surface area contributed by atoms with Crippen molar-refractivity contribution in [3.8, 4) is 11.5 Å². The van der Waals surface area contributed by atoms with E-state index in [1.165, 1.54) is 12.0 Å². The molecule has 168 valence electrons. The fourth-order valence-corrected chi connectivity index (χ4v) is 3.87. The topological polar surface area (TPSA) is 75.0 Å². The molecule has 3 unspecified atom stereocenters. The maximum absolute atomic E-state index is 13.1. The summed E-state index contributed by atoms with van der Waals surface area (Å²) in [5, 5.41) is 3.42. The zero-order valence-electron chi connectivity index (χ0n) is 18.7. The van der Waals surface area contributed by atoms with Crippen LogP contribution in [0.25, 0.3) is 0 Å². The minimum absolute atomic E-state index is 0.147. The second kappa shape index (κ2) is 10.4. The summed E-state index contributed by atoms with van der Waals surface area (Å²) in [5.41, 5.74) is 5.58. The van der Waals surface area contributed by atoms with Gasteiger partial charge in [0.1, 0.15) is 25.0 Å². The Hall–Kier alpha value is -3.19. The zero-order valence-corrected chi connectivity index (χ0v) is 18.7. The molecule has 2 aromatic carbocycles. The van der Waals surface area contributed by atoms with E-state index in [-0.39, 0.29) is 12.0 Å². The molecule has 2 N–H and O–H groups in total. The van der Waals surface area contributed by atoms with Crippen LogP contribution in [0.15, 0.2) is 59.7 Å². The van der Waals surface area contributed by atoms with Gasteiger partial charge in [0.05, 0.1) is 11.0 Å². The molecule has 0 aliphatic carbocycles. The largest absolute Gasteiger partial charge is 0.492 e. The normalized spacial score (nSPS) is 22.0. The highest BCUT2D eigenvalue weighted by molar-refractivity contribution is 5.67. The molecule has 1 saturated heterocycles. The molecule has 3 atom stereocenters. The summed E-state index contributed by atoms with van der Waals surface area (Å²) in [7, 11) is 0. The van der Waals surface area contributed by atoms with E-state index in [0.717, 1.165) is 23.4 Å². The van der Waals surface area contributed by atoms with E-state index >= 15 is 0 Å². The van der Waals surface area contributed by atoms with Crippen molar-refractivity contribution in [2.45, 2.75) is 45.4 Å². The van der Waals surface area contributed by atoms with Gasteiger partial charge in [-0.15, -0.1) is 5.43 Å². The third-order valence-electron chi connectivity index (χ3n) is 5.79. The SMILES string of the molecule is Cc1cccc(COc2ccc(OCC3CCCN3)cc2[N+](=O)NC2C=NC=CC2C)c1. The van der Waals surface area contributed by atoms with Crippen LogP contribution < -0.4 is 20.2 Å². The molecule has 0 radical (unpaired) electrons. The van der Waals surface area contributed by atoms with Crippen molar-refractivity contribution in [1.29, 1.82) is 0 Å². The van der Waals surface area contributed by atoms with Crippen LogP contribution in [0, 0.1) is 17.7 Å². The lowest BCUT2D eigenvalue weighted by molar-refractivity contribution is -0.533. The third kappa shape index (κ3) is 5.73. The van der Waals surface area contributed by atoms with E-state index < -0.39 is 0 Å². The predicted octanol–water partition coefficient (Wildman–Crippen LogP) is 4.22. The van der Waals surface area contributed by atoms with Crippen LogP contribution in [0.4, 0.5) is 5.69 Å². The van der Waals surface area contributed by atoms with Crippen molar-refractivity contribution in [2.24, 2.45) is 10.9 Å². The van der Waals surface area contributed by atoms with Gasteiger partial charge in [-0.05, 0) is 44.0 Å². The molecule has 2 aliphatic heterocycles. The number of rotatable bonds is 9. The Balaban J connectivity index is 1.51. The van der Waals surface area contributed by atoms with Gasteiger partial charge >= 0.3 is 5.69 Å². The number of hydrazine groups is 1. The van der Waals surface area contributed by atoms with Crippen LogP contribution in [0.5, 0.6) is 11.5 Å². The van der Waals surface area contributed by atoms with Gasteiger partial charge in [-0.1, -0.05) is 42.8 Å². The molecule has 4 rings (SSSR count). The zero-order chi connectivity index (χ0) is 22.3. The Labute approximate surface area is 189 Å². The summed E-state index contributed by atoms with van der Waals surface area (Å²) in [6.45, 7) is 6.06. The Morgan fingerprint density at radius 1 is 1.22 bits per heavy atom. The Kier molecular flexibility index (Phi) is 7.17. The highest BCUT2D eigenvalue weighted by Gasteiger charge is 2.28. The van der Waals surface area contributed by atoms with Crippen LogP contribution in [0.2, 0.25) is 0 Å². The van der Waals surface area contributed by atoms with Gasteiger partial charge < -0.3 is 14.8 Å². The average Bonchev–Trinajstić information content (AvgIpc) is 3.32. The summed E-state index contributed by atoms with van der Waals surface area (Å²) in [5.74, 6) is 1.29. The number of ether oxygens (including phenoxy) is 2. The van der Waals surface area contributed by atoms with E-state index in [4.69, 9.17) is 9.47 Å². The van der Waals surface area contributed by atoms with Gasteiger partial charge in [0.25, 0.3) is 0 Å². The minimum Gasteiger partial charge on any atom is -0.492 e. The fourth-order valence-electron chi connectivity index (χ4n) is 3.87. The van der Waals surface area contributed by atoms with Crippen molar-refractivity contribution in [2.75, 3.05) is 13.2 Å². The number of hydrogen-bond acceptors (Lipinski definition) is 5. The Bertz CT molecular complexity index is 998. The van der Waals surface area contributed by atoms with Gasteiger partial charge in [0.2, 0.25) is 0 Å². The van der Waals surface area contributed by atoms with Crippen LogP contribution in [0.3, 0.4) is 0 Å². The van der Waals surface area contributed by atoms with Crippen LogP contribution in [0.1, 0.15) is 30.9 Å². The van der Waals surface area contributed by atoms with Crippen molar-refractivity contribution in [1.82, 2.24) is 10.7 Å². The van der Waals surface area contributed by atoms with Crippen LogP contribution >= 0.6 is 0 Å². The van der Waals surface area contributed by atoms with Crippen LogP contribution in [-0.2, 0) is 6.61 Å². The molecule has 32 heavy (non-hydrogen) atoms. The van der Waals surface area contributed by atoms with Gasteiger partial charge in [0, 0.05) is 24.4 Å². The van der Waals surface area contributed by atoms with Gasteiger partial charge in [-0.25, -0.2) is 0 Å². The number of benzene rings is 2. The van der Waals surface area contributed by atoms with Gasteiger partial charge in [0.15, 0.2) is 10.6 Å². The van der Waals surface area contributed by atoms with Gasteiger partial charge in [-0.2, -0.15) is 0 Å². The van der Waals surface area contributed by atoms with E-state index in [2.05, 4.69) is 21.8 Å². The van der Waals surface area contributed by atoms with Crippen LogP contribution in [-0.4, -0.2) is 36.3 Å². The molecule has 0 spiro atoms. The van der Waals surface area contributed by atoms with Crippen molar-refractivity contribution in [3.63, 3.8) is 0 Å². The summed E-state index contributed by atoms with van der Waals surface area (Å²) < 4.78 is 12.0. The molecule has 0 bridgehead atoms. The molecule has 7 heteroatoms. The van der Waals surface area contributed by atoms with Crippen molar-refractivity contribution >= 4 is 11.9 Å². The second-order valence-corrected chi connectivity index (χ2v) is 8.46. The number of hydrogen-bond donors (Lipinski definition) is 2. The Morgan fingerprint density at radius 2 is 2.12 bits per heavy atom. The minimum atomic E-state index is -0.200. The molecule has 2 aromatic rings. The number of nitrogens with one attached hydrogen (secondary N) is 2. The maximum Gasteiger partial charge on any atom is 0.337 e. The van der Waals surface area contributed by atoms with E-state index in [9.17, 15) is 4.91 Å². The second-order valence-electron chi connectivity index (χ2n) is 8.46. The predicted molar refractivity (Wildman–Crippen MR) is 125 cm³/mol. The van der Waals surface area contributed by atoms with Crippen molar-refractivity contribution in [3.05, 3.63) is 70.8 Å². The highest BCUT2D eigenvalue weighted by Crippen LogP contribution is 2.32. The number of nitroso groups, excluding NO2 is 1. The number of nitrogens with zero attached hydrogens (tertiary/aromatic N) is 2. The smallest absolute Gasteiger partial charge is 0.337 e. The summed E-state index contributed by atoms with van der Waals surface area (Å²) in [4.78, 5) is 18.0.